The van der Waals surface area contributed by atoms with E-state index in [1.54, 1.807) is 12.1 Å². The highest BCUT2D eigenvalue weighted by Gasteiger charge is 2.10. The van der Waals surface area contributed by atoms with Gasteiger partial charge in [-0.1, -0.05) is 0 Å². The van der Waals surface area contributed by atoms with Crippen LogP contribution in [0.5, 0.6) is 0 Å². The summed E-state index contributed by atoms with van der Waals surface area (Å²) >= 11 is 0. The molecule has 3 N–H and O–H groups in total. The van der Waals surface area contributed by atoms with Crippen LogP contribution >= 0.6 is 0 Å². The van der Waals surface area contributed by atoms with Crippen LogP contribution in [0.3, 0.4) is 0 Å². The number of nitrogens with one attached hydrogen (secondary N) is 1. The molecule has 0 spiro atoms. The molecule has 0 aliphatic rings. The minimum atomic E-state index is -3.22. The summed E-state index contributed by atoms with van der Waals surface area (Å²) in [5.74, 6) is 0. The summed E-state index contributed by atoms with van der Waals surface area (Å²) in [6, 6.07) is 4.79. The van der Waals surface area contributed by atoms with Crippen LogP contribution in [0, 0.1) is 0 Å². The predicted octanol–water partition coefficient (Wildman–Crippen LogP) is 1.51. The molecule has 0 saturated heterocycles. The minimum Gasteiger partial charge on any atom is -0.397 e. The maximum Gasteiger partial charge on any atom is 0.175 e. The first-order chi connectivity index (χ1) is 8.34. The monoisotopic (exact) mass is 272 g/mol. The second kappa shape index (κ2) is 6.06. The lowest BCUT2D eigenvalue weighted by Gasteiger charge is -2.17. The summed E-state index contributed by atoms with van der Waals surface area (Å²) in [5, 5.41) is 3.18. The van der Waals surface area contributed by atoms with Gasteiger partial charge in [-0.2, -0.15) is 0 Å². The molecule has 0 heterocycles. The standard InChI is InChI=1S/C12H20N2O3S/c1-4-17-8-9(2)14-12-6-5-10(7-11(12)13)18(3,15)16/h5-7,9,14H,4,8,13H2,1-3H3. The summed E-state index contributed by atoms with van der Waals surface area (Å²) in [6.45, 7) is 5.14. The Kier molecular flexibility index (Phi) is 4.98. The lowest BCUT2D eigenvalue weighted by molar-refractivity contribution is 0.141. The molecule has 0 saturated carbocycles. The molecule has 1 rings (SSSR count). The van der Waals surface area contributed by atoms with Gasteiger partial charge in [-0.3, -0.25) is 0 Å². The van der Waals surface area contributed by atoms with Gasteiger partial charge in [-0.05, 0) is 32.0 Å². The average Bonchev–Trinajstić information content (AvgIpc) is 2.27. The molecule has 18 heavy (non-hydrogen) atoms. The Morgan fingerprint density at radius 2 is 2.11 bits per heavy atom. The molecule has 6 heteroatoms. The van der Waals surface area contributed by atoms with E-state index in [4.69, 9.17) is 10.5 Å². The van der Waals surface area contributed by atoms with E-state index in [9.17, 15) is 8.42 Å². The molecule has 0 bridgehead atoms. The zero-order valence-electron chi connectivity index (χ0n) is 10.9. The van der Waals surface area contributed by atoms with Crippen LogP contribution in [0.1, 0.15) is 13.8 Å². The summed E-state index contributed by atoms with van der Waals surface area (Å²) in [5.41, 5.74) is 6.96. The van der Waals surface area contributed by atoms with Gasteiger partial charge in [-0.25, -0.2) is 8.42 Å². The van der Waals surface area contributed by atoms with Gasteiger partial charge in [0.1, 0.15) is 0 Å². The molecule has 5 nitrogen and oxygen atoms in total. The Bertz CT molecular complexity index is 500. The van der Waals surface area contributed by atoms with E-state index in [-0.39, 0.29) is 10.9 Å². The van der Waals surface area contributed by atoms with E-state index in [1.165, 1.54) is 6.07 Å². The summed E-state index contributed by atoms with van der Waals surface area (Å²) in [7, 11) is -3.22. The van der Waals surface area contributed by atoms with Crippen molar-refractivity contribution in [1.29, 1.82) is 0 Å². The maximum absolute atomic E-state index is 11.4. The van der Waals surface area contributed by atoms with Crippen LogP contribution in [0.15, 0.2) is 23.1 Å². The Morgan fingerprint density at radius 1 is 1.44 bits per heavy atom. The molecule has 1 atom stereocenters. The molecular formula is C12H20N2O3S. The molecule has 0 aliphatic heterocycles. The zero-order chi connectivity index (χ0) is 13.8. The van der Waals surface area contributed by atoms with Crippen molar-refractivity contribution in [2.75, 3.05) is 30.5 Å². The molecule has 0 aliphatic carbocycles. The normalized spacial score (nSPS) is 13.3. The summed E-state index contributed by atoms with van der Waals surface area (Å²) in [4.78, 5) is 0.225. The number of nitrogen functional groups attached to an aromatic ring is 1. The van der Waals surface area contributed by atoms with E-state index in [0.29, 0.717) is 18.9 Å². The van der Waals surface area contributed by atoms with E-state index in [2.05, 4.69) is 5.32 Å². The first-order valence-electron chi connectivity index (χ1n) is 5.78. The molecule has 0 aromatic heterocycles. The lowest BCUT2D eigenvalue weighted by Crippen LogP contribution is -2.22. The van der Waals surface area contributed by atoms with Crippen LogP contribution in [0.4, 0.5) is 11.4 Å². The molecule has 1 aromatic carbocycles. The topological polar surface area (TPSA) is 81.4 Å². The van der Waals surface area contributed by atoms with Crippen molar-refractivity contribution < 1.29 is 13.2 Å². The van der Waals surface area contributed by atoms with Crippen molar-refractivity contribution in [3.63, 3.8) is 0 Å². The summed E-state index contributed by atoms with van der Waals surface area (Å²) in [6.07, 6.45) is 1.16. The highest BCUT2D eigenvalue weighted by molar-refractivity contribution is 7.90. The number of benzene rings is 1. The maximum atomic E-state index is 11.4. The first kappa shape index (κ1) is 14.8. The van der Waals surface area contributed by atoms with Gasteiger partial charge in [0, 0.05) is 18.9 Å². The van der Waals surface area contributed by atoms with E-state index >= 15 is 0 Å². The number of hydrogen-bond acceptors (Lipinski definition) is 5. The fourth-order valence-corrected chi connectivity index (χ4v) is 2.16. The Hall–Kier alpha value is -1.27. The number of anilines is 2. The van der Waals surface area contributed by atoms with Crippen LogP contribution < -0.4 is 11.1 Å². The molecule has 0 radical (unpaired) electrons. The predicted molar refractivity (Wildman–Crippen MR) is 73.5 cm³/mol. The second-order valence-electron chi connectivity index (χ2n) is 4.23. The van der Waals surface area contributed by atoms with Crippen LogP contribution in [-0.2, 0) is 14.6 Å². The summed E-state index contributed by atoms with van der Waals surface area (Å²) < 4.78 is 28.0. The lowest BCUT2D eigenvalue weighted by atomic mass is 10.2. The Labute approximate surface area is 108 Å². The third-order valence-corrected chi connectivity index (χ3v) is 3.54. The van der Waals surface area contributed by atoms with Gasteiger partial charge < -0.3 is 15.8 Å². The SMILES string of the molecule is CCOCC(C)Nc1ccc(S(C)(=O)=O)cc1N. The molecule has 1 aromatic rings. The molecule has 1 unspecified atom stereocenters. The fourth-order valence-electron chi connectivity index (χ4n) is 1.50. The Morgan fingerprint density at radius 3 is 2.61 bits per heavy atom. The van der Waals surface area contributed by atoms with Gasteiger partial charge in [-0.15, -0.1) is 0 Å². The smallest absolute Gasteiger partial charge is 0.175 e. The van der Waals surface area contributed by atoms with Gasteiger partial charge in [0.05, 0.1) is 22.9 Å². The van der Waals surface area contributed by atoms with Gasteiger partial charge in [0.25, 0.3) is 0 Å². The van der Waals surface area contributed by atoms with Gasteiger partial charge in [0.2, 0.25) is 0 Å². The first-order valence-corrected chi connectivity index (χ1v) is 7.67. The van der Waals surface area contributed by atoms with E-state index in [1.807, 2.05) is 13.8 Å². The zero-order valence-corrected chi connectivity index (χ0v) is 11.8. The minimum absolute atomic E-state index is 0.108. The third-order valence-electron chi connectivity index (χ3n) is 2.43. The quantitative estimate of drug-likeness (QED) is 0.767. The number of rotatable bonds is 6. The molecular weight excluding hydrogens is 252 g/mol. The van der Waals surface area contributed by atoms with Crippen molar-refractivity contribution in [3.05, 3.63) is 18.2 Å². The third kappa shape index (κ3) is 4.19. The van der Waals surface area contributed by atoms with E-state index in [0.717, 1.165) is 11.9 Å². The van der Waals surface area contributed by atoms with Crippen molar-refractivity contribution in [3.8, 4) is 0 Å². The number of hydrogen-bond donors (Lipinski definition) is 2. The van der Waals surface area contributed by atoms with Crippen molar-refractivity contribution in [1.82, 2.24) is 0 Å². The molecule has 0 fully saturated rings. The van der Waals surface area contributed by atoms with Crippen LogP contribution in [0.25, 0.3) is 0 Å². The van der Waals surface area contributed by atoms with Gasteiger partial charge in [0.15, 0.2) is 9.84 Å². The van der Waals surface area contributed by atoms with Crippen molar-refractivity contribution >= 4 is 21.2 Å². The van der Waals surface area contributed by atoms with Gasteiger partial charge >= 0.3 is 0 Å². The second-order valence-corrected chi connectivity index (χ2v) is 6.24. The number of nitrogens with two attached hydrogens (primary N) is 1. The van der Waals surface area contributed by atoms with Crippen LogP contribution in [0.2, 0.25) is 0 Å². The molecule has 102 valence electrons. The Balaban J connectivity index is 2.80. The molecule has 0 amide bonds. The van der Waals surface area contributed by atoms with Crippen molar-refractivity contribution in [2.24, 2.45) is 0 Å². The van der Waals surface area contributed by atoms with Crippen LogP contribution in [-0.4, -0.2) is 33.9 Å². The average molecular weight is 272 g/mol. The fraction of sp³-hybridized carbons (Fsp3) is 0.500. The number of sulfone groups is 1. The van der Waals surface area contributed by atoms with E-state index < -0.39 is 9.84 Å². The van der Waals surface area contributed by atoms with Crippen molar-refractivity contribution in [2.45, 2.75) is 24.8 Å². The largest absolute Gasteiger partial charge is 0.397 e. The highest BCUT2D eigenvalue weighted by Crippen LogP contribution is 2.23. The number of ether oxygens (including phenoxy) is 1. The highest BCUT2D eigenvalue weighted by atomic mass is 32.2.